The van der Waals surface area contributed by atoms with Crippen LogP contribution in [0.4, 0.5) is 17.6 Å². The summed E-state index contributed by atoms with van der Waals surface area (Å²) in [5, 5.41) is 2.85. The molecule has 20 heavy (non-hydrogen) atoms. The third kappa shape index (κ3) is 3.21. The number of hydrogen-bond acceptors (Lipinski definition) is 2. The Morgan fingerprint density at radius 1 is 1.20 bits per heavy atom. The van der Waals surface area contributed by atoms with Crippen LogP contribution in [0.5, 0.6) is 0 Å². The van der Waals surface area contributed by atoms with Gasteiger partial charge in [-0.05, 0) is 53.3 Å². The van der Waals surface area contributed by atoms with Crippen molar-refractivity contribution in [1.82, 2.24) is 5.32 Å². The summed E-state index contributed by atoms with van der Waals surface area (Å²) >= 11 is 4.63. The van der Waals surface area contributed by atoms with Gasteiger partial charge in [0.1, 0.15) is 5.82 Å². The predicted molar refractivity (Wildman–Crippen MR) is 74.3 cm³/mol. The molecule has 2 rings (SSSR count). The molecule has 1 nitrogen and oxygen atoms in total. The van der Waals surface area contributed by atoms with E-state index in [1.54, 1.807) is 19.2 Å². The molecular formula is C13H10BrF4NS. The molecule has 1 heterocycles. The van der Waals surface area contributed by atoms with Crippen LogP contribution in [0.1, 0.15) is 22.0 Å². The van der Waals surface area contributed by atoms with Crippen molar-refractivity contribution in [3.8, 4) is 0 Å². The van der Waals surface area contributed by atoms with Crippen molar-refractivity contribution in [1.29, 1.82) is 0 Å². The van der Waals surface area contributed by atoms with Crippen LogP contribution in [0.2, 0.25) is 0 Å². The summed E-state index contributed by atoms with van der Waals surface area (Å²) < 4.78 is 52.9. The lowest BCUT2D eigenvalue weighted by molar-refractivity contribution is -0.137. The van der Waals surface area contributed by atoms with Crippen LogP contribution in [0, 0.1) is 5.82 Å². The fraction of sp³-hybridized carbons (Fsp3) is 0.231. The SMILES string of the molecule is CNC(c1ccc(Br)s1)c1cc(C(F)(F)F)ccc1F. The van der Waals surface area contributed by atoms with E-state index in [4.69, 9.17) is 0 Å². The lowest BCUT2D eigenvalue weighted by atomic mass is 10.0. The van der Waals surface area contributed by atoms with E-state index in [2.05, 4.69) is 21.2 Å². The van der Waals surface area contributed by atoms with Crippen LogP contribution in [-0.2, 0) is 6.18 Å². The number of benzene rings is 1. The van der Waals surface area contributed by atoms with Gasteiger partial charge in [0, 0.05) is 10.4 Å². The van der Waals surface area contributed by atoms with Crippen molar-refractivity contribution in [3.63, 3.8) is 0 Å². The minimum Gasteiger partial charge on any atom is -0.309 e. The second-order valence-corrected chi connectivity index (χ2v) is 6.59. The Morgan fingerprint density at radius 2 is 1.90 bits per heavy atom. The second-order valence-electron chi connectivity index (χ2n) is 4.10. The minimum absolute atomic E-state index is 0.0170. The number of nitrogens with one attached hydrogen (secondary N) is 1. The molecule has 0 aliphatic carbocycles. The standard InChI is InChI=1S/C13H10BrF4NS/c1-19-12(10-4-5-11(14)20-10)8-6-7(13(16,17)18)2-3-9(8)15/h2-6,12,19H,1H3. The van der Waals surface area contributed by atoms with Crippen molar-refractivity contribution < 1.29 is 17.6 Å². The Bertz CT molecular complexity index is 609. The van der Waals surface area contributed by atoms with Gasteiger partial charge in [0.05, 0.1) is 15.4 Å². The van der Waals surface area contributed by atoms with Crippen LogP contribution in [0.15, 0.2) is 34.1 Å². The molecule has 1 aromatic carbocycles. The summed E-state index contributed by atoms with van der Waals surface area (Å²) in [6.45, 7) is 0. The maximum atomic E-state index is 13.9. The van der Waals surface area contributed by atoms with E-state index >= 15 is 0 Å². The number of hydrogen-bond donors (Lipinski definition) is 1. The van der Waals surface area contributed by atoms with E-state index in [1.807, 2.05) is 0 Å². The number of thiophene rings is 1. The second kappa shape index (κ2) is 5.83. The van der Waals surface area contributed by atoms with Crippen LogP contribution in [-0.4, -0.2) is 7.05 Å². The maximum Gasteiger partial charge on any atom is 0.416 e. The third-order valence-electron chi connectivity index (χ3n) is 2.80. The van der Waals surface area contributed by atoms with Crippen molar-refractivity contribution >= 4 is 27.3 Å². The summed E-state index contributed by atoms with van der Waals surface area (Å²) in [5.74, 6) is -0.665. The van der Waals surface area contributed by atoms with Gasteiger partial charge in [-0.3, -0.25) is 0 Å². The van der Waals surface area contributed by atoms with Crippen LogP contribution in [0.3, 0.4) is 0 Å². The van der Waals surface area contributed by atoms with Crippen molar-refractivity contribution in [2.45, 2.75) is 12.2 Å². The molecule has 7 heteroatoms. The zero-order valence-electron chi connectivity index (χ0n) is 10.3. The molecule has 108 valence electrons. The van der Waals surface area contributed by atoms with Crippen LogP contribution in [0.25, 0.3) is 0 Å². The van der Waals surface area contributed by atoms with Crippen molar-refractivity contribution in [2.24, 2.45) is 0 Å². The van der Waals surface area contributed by atoms with E-state index in [9.17, 15) is 17.6 Å². The molecule has 0 spiro atoms. The minimum atomic E-state index is -4.49. The molecule has 0 aliphatic heterocycles. The normalized spacial score (nSPS) is 13.5. The van der Waals surface area contributed by atoms with Gasteiger partial charge in [-0.2, -0.15) is 13.2 Å². The van der Waals surface area contributed by atoms with Gasteiger partial charge in [-0.1, -0.05) is 0 Å². The lowest BCUT2D eigenvalue weighted by Gasteiger charge is -2.17. The Balaban J connectivity index is 2.49. The fourth-order valence-electron chi connectivity index (χ4n) is 1.88. The lowest BCUT2D eigenvalue weighted by Crippen LogP contribution is -2.19. The molecule has 0 fully saturated rings. The highest BCUT2D eigenvalue weighted by atomic mass is 79.9. The topological polar surface area (TPSA) is 12.0 Å². The number of rotatable bonds is 3. The average Bonchev–Trinajstić information content (AvgIpc) is 2.77. The number of alkyl halides is 3. The van der Waals surface area contributed by atoms with E-state index in [1.165, 1.54) is 11.3 Å². The highest BCUT2D eigenvalue weighted by Gasteiger charge is 2.32. The quantitative estimate of drug-likeness (QED) is 0.754. The molecule has 2 aromatic rings. The molecule has 1 aromatic heterocycles. The van der Waals surface area contributed by atoms with Gasteiger partial charge >= 0.3 is 6.18 Å². The van der Waals surface area contributed by atoms with Gasteiger partial charge in [0.25, 0.3) is 0 Å². The first-order chi connectivity index (χ1) is 9.32. The molecular weight excluding hydrogens is 358 g/mol. The average molecular weight is 368 g/mol. The highest BCUT2D eigenvalue weighted by molar-refractivity contribution is 9.11. The van der Waals surface area contributed by atoms with Gasteiger partial charge in [0.2, 0.25) is 0 Å². The molecule has 1 N–H and O–H groups in total. The summed E-state index contributed by atoms with van der Waals surface area (Å²) in [5.41, 5.74) is -0.874. The first-order valence-corrected chi connectivity index (χ1v) is 7.23. The van der Waals surface area contributed by atoms with Crippen LogP contribution >= 0.6 is 27.3 Å². The monoisotopic (exact) mass is 367 g/mol. The van der Waals surface area contributed by atoms with Crippen molar-refractivity contribution in [2.75, 3.05) is 7.05 Å². The molecule has 0 amide bonds. The maximum absolute atomic E-state index is 13.9. The first-order valence-electron chi connectivity index (χ1n) is 5.62. The molecule has 1 unspecified atom stereocenters. The Kier molecular flexibility index (Phi) is 4.51. The van der Waals surface area contributed by atoms with Gasteiger partial charge in [-0.15, -0.1) is 11.3 Å². The smallest absolute Gasteiger partial charge is 0.309 e. The zero-order valence-corrected chi connectivity index (χ0v) is 12.7. The highest BCUT2D eigenvalue weighted by Crippen LogP contribution is 2.36. The predicted octanol–water partition coefficient (Wildman–Crippen LogP) is 4.98. The van der Waals surface area contributed by atoms with Gasteiger partial charge < -0.3 is 5.32 Å². The Morgan fingerprint density at radius 3 is 2.40 bits per heavy atom. The van der Waals surface area contributed by atoms with E-state index in [-0.39, 0.29) is 5.56 Å². The third-order valence-corrected chi connectivity index (χ3v) is 4.49. The summed E-state index contributed by atoms with van der Waals surface area (Å²) in [6.07, 6.45) is -4.49. The molecule has 0 saturated heterocycles. The molecule has 0 bridgehead atoms. The fourth-order valence-corrected chi connectivity index (χ4v) is 3.43. The van der Waals surface area contributed by atoms with Crippen molar-refractivity contribution in [3.05, 3.63) is 55.9 Å². The molecule has 1 atom stereocenters. The molecule has 0 radical (unpaired) electrons. The van der Waals surface area contributed by atoms with Crippen LogP contribution < -0.4 is 5.32 Å². The summed E-state index contributed by atoms with van der Waals surface area (Å²) in [6, 6.07) is 5.35. The largest absolute Gasteiger partial charge is 0.416 e. The molecule has 0 saturated carbocycles. The summed E-state index contributed by atoms with van der Waals surface area (Å²) in [7, 11) is 1.58. The first kappa shape index (κ1) is 15.5. The Hall–Kier alpha value is -0.920. The van der Waals surface area contributed by atoms with E-state index in [0.717, 1.165) is 26.9 Å². The molecule has 0 aliphatic rings. The summed E-state index contributed by atoms with van der Waals surface area (Å²) in [4.78, 5) is 0.734. The Labute approximate surface area is 125 Å². The van der Waals surface area contributed by atoms with Gasteiger partial charge in [0.15, 0.2) is 0 Å². The van der Waals surface area contributed by atoms with Gasteiger partial charge in [-0.25, -0.2) is 4.39 Å². The number of halogens is 5. The zero-order chi connectivity index (χ0) is 14.9. The van der Waals surface area contributed by atoms with E-state index in [0.29, 0.717) is 0 Å². The van der Waals surface area contributed by atoms with E-state index < -0.39 is 23.6 Å².